The summed E-state index contributed by atoms with van der Waals surface area (Å²) in [4.78, 5) is 0.636. The maximum absolute atomic E-state index is 9.20. The molecule has 0 unspecified atom stereocenters. The molecule has 2 aromatic carbocycles. The van der Waals surface area contributed by atoms with Gasteiger partial charge in [0.15, 0.2) is 5.75 Å². The van der Waals surface area contributed by atoms with Crippen molar-refractivity contribution in [2.24, 2.45) is 0 Å². The zero-order valence-electron chi connectivity index (χ0n) is 10.2. The summed E-state index contributed by atoms with van der Waals surface area (Å²) < 4.78 is 6.94. The van der Waals surface area contributed by atoms with E-state index in [9.17, 15) is 5.26 Å². The van der Waals surface area contributed by atoms with Gasteiger partial charge in [-0.05, 0) is 17.7 Å². The smallest absolute Gasteiger partial charge is 0.156 e. The van der Waals surface area contributed by atoms with Gasteiger partial charge in [-0.1, -0.05) is 42.5 Å². The molecule has 0 spiro atoms. The van der Waals surface area contributed by atoms with Gasteiger partial charge < -0.3 is 4.74 Å². The molecule has 0 saturated heterocycles. The third-order valence-corrected chi connectivity index (χ3v) is 3.93. The van der Waals surface area contributed by atoms with E-state index >= 15 is 0 Å². The molecule has 0 amide bonds. The maximum Gasteiger partial charge on any atom is 0.156 e. The molecule has 1 aromatic heterocycles. The summed E-state index contributed by atoms with van der Waals surface area (Å²) in [6.07, 6.45) is 0. The Bertz CT molecular complexity index is 740. The standard InChI is InChI=1S/C16H11NOS/c17-10-15-16(13-8-4-5-9-14(13)19-15)18-11-12-6-2-1-3-7-12/h1-9H,11H2. The van der Waals surface area contributed by atoms with E-state index in [2.05, 4.69) is 6.07 Å². The Morgan fingerprint density at radius 3 is 2.53 bits per heavy atom. The van der Waals surface area contributed by atoms with Gasteiger partial charge in [-0.15, -0.1) is 11.3 Å². The third kappa shape index (κ3) is 2.31. The zero-order valence-corrected chi connectivity index (χ0v) is 11.0. The SMILES string of the molecule is N#Cc1sc2ccccc2c1OCc1ccccc1. The van der Waals surface area contributed by atoms with E-state index in [-0.39, 0.29) is 0 Å². The minimum absolute atomic E-state index is 0.482. The van der Waals surface area contributed by atoms with E-state index in [0.717, 1.165) is 15.6 Å². The average molecular weight is 265 g/mol. The zero-order chi connectivity index (χ0) is 13.1. The molecular formula is C16H11NOS. The summed E-state index contributed by atoms with van der Waals surface area (Å²) in [5, 5.41) is 10.2. The number of ether oxygens (including phenoxy) is 1. The van der Waals surface area contributed by atoms with Gasteiger partial charge in [0.1, 0.15) is 17.6 Å². The van der Waals surface area contributed by atoms with E-state index in [1.54, 1.807) is 0 Å². The number of hydrogen-bond acceptors (Lipinski definition) is 3. The van der Waals surface area contributed by atoms with Gasteiger partial charge in [-0.2, -0.15) is 5.26 Å². The van der Waals surface area contributed by atoms with Gasteiger partial charge in [-0.3, -0.25) is 0 Å². The largest absolute Gasteiger partial charge is 0.486 e. The molecule has 0 bridgehead atoms. The van der Waals surface area contributed by atoms with Crippen molar-refractivity contribution in [3.8, 4) is 11.8 Å². The quantitative estimate of drug-likeness (QED) is 0.705. The highest BCUT2D eigenvalue weighted by Gasteiger charge is 2.12. The highest BCUT2D eigenvalue weighted by Crippen LogP contribution is 2.37. The van der Waals surface area contributed by atoms with Crippen molar-refractivity contribution >= 4 is 21.4 Å². The van der Waals surface area contributed by atoms with Crippen LogP contribution in [0.1, 0.15) is 10.4 Å². The molecular weight excluding hydrogens is 254 g/mol. The first-order chi connectivity index (χ1) is 9.38. The molecule has 2 nitrogen and oxygen atoms in total. The van der Waals surface area contributed by atoms with Crippen LogP contribution >= 0.6 is 11.3 Å². The van der Waals surface area contributed by atoms with Crippen molar-refractivity contribution in [3.05, 3.63) is 65.0 Å². The molecule has 0 fully saturated rings. The third-order valence-electron chi connectivity index (χ3n) is 2.88. The number of rotatable bonds is 3. The van der Waals surface area contributed by atoms with Crippen molar-refractivity contribution in [3.63, 3.8) is 0 Å². The molecule has 3 rings (SSSR count). The number of nitrogens with zero attached hydrogens (tertiary/aromatic N) is 1. The first-order valence-corrected chi connectivity index (χ1v) is 6.78. The van der Waals surface area contributed by atoms with Crippen LogP contribution in [-0.2, 0) is 6.61 Å². The van der Waals surface area contributed by atoms with Crippen LogP contribution in [0.3, 0.4) is 0 Å². The fourth-order valence-corrected chi connectivity index (χ4v) is 2.91. The number of fused-ring (bicyclic) bond motifs is 1. The second-order valence-corrected chi connectivity index (χ2v) is 5.19. The predicted molar refractivity (Wildman–Crippen MR) is 77.3 cm³/mol. The van der Waals surface area contributed by atoms with Crippen LogP contribution in [-0.4, -0.2) is 0 Å². The molecule has 0 radical (unpaired) electrons. The summed E-state index contributed by atoms with van der Waals surface area (Å²) in [7, 11) is 0. The molecule has 0 aliphatic rings. The number of nitriles is 1. The lowest BCUT2D eigenvalue weighted by molar-refractivity contribution is 0.310. The summed E-state index contributed by atoms with van der Waals surface area (Å²) in [6, 6.07) is 20.1. The Morgan fingerprint density at radius 2 is 1.74 bits per heavy atom. The first-order valence-electron chi connectivity index (χ1n) is 5.97. The second-order valence-electron chi connectivity index (χ2n) is 4.14. The van der Waals surface area contributed by atoms with E-state index in [1.165, 1.54) is 11.3 Å². The van der Waals surface area contributed by atoms with Crippen molar-refractivity contribution in [2.45, 2.75) is 6.61 Å². The van der Waals surface area contributed by atoms with Crippen molar-refractivity contribution < 1.29 is 4.74 Å². The van der Waals surface area contributed by atoms with Crippen LogP contribution in [0.2, 0.25) is 0 Å². The van der Waals surface area contributed by atoms with Gasteiger partial charge in [0, 0.05) is 10.1 Å². The second kappa shape index (κ2) is 5.13. The van der Waals surface area contributed by atoms with Crippen LogP contribution in [0.15, 0.2) is 54.6 Å². The van der Waals surface area contributed by atoms with Crippen LogP contribution in [0, 0.1) is 11.3 Å². The minimum atomic E-state index is 0.482. The van der Waals surface area contributed by atoms with E-state index in [0.29, 0.717) is 17.2 Å². The predicted octanol–water partition coefficient (Wildman–Crippen LogP) is 4.35. The number of thiophene rings is 1. The highest BCUT2D eigenvalue weighted by atomic mass is 32.1. The summed E-state index contributed by atoms with van der Waals surface area (Å²) >= 11 is 1.47. The van der Waals surface area contributed by atoms with E-state index in [4.69, 9.17) is 4.74 Å². The lowest BCUT2D eigenvalue weighted by Crippen LogP contribution is -1.95. The fourth-order valence-electron chi connectivity index (χ4n) is 1.97. The molecule has 3 heteroatoms. The topological polar surface area (TPSA) is 33.0 Å². The minimum Gasteiger partial charge on any atom is -0.486 e. The lowest BCUT2D eigenvalue weighted by atomic mass is 10.2. The van der Waals surface area contributed by atoms with Gasteiger partial charge >= 0.3 is 0 Å². The van der Waals surface area contributed by atoms with Crippen molar-refractivity contribution in [1.82, 2.24) is 0 Å². The average Bonchev–Trinajstić information content (AvgIpc) is 2.84. The van der Waals surface area contributed by atoms with Gasteiger partial charge in [-0.25, -0.2) is 0 Å². The van der Waals surface area contributed by atoms with Gasteiger partial charge in [0.25, 0.3) is 0 Å². The van der Waals surface area contributed by atoms with Gasteiger partial charge in [0.2, 0.25) is 0 Å². The maximum atomic E-state index is 9.20. The van der Waals surface area contributed by atoms with Crippen LogP contribution < -0.4 is 4.74 Å². The van der Waals surface area contributed by atoms with Crippen molar-refractivity contribution in [2.75, 3.05) is 0 Å². The normalized spacial score (nSPS) is 10.3. The molecule has 19 heavy (non-hydrogen) atoms. The fraction of sp³-hybridized carbons (Fsp3) is 0.0625. The number of hydrogen-bond donors (Lipinski definition) is 0. The summed E-state index contributed by atoms with van der Waals surface area (Å²) in [5.74, 6) is 0.701. The summed E-state index contributed by atoms with van der Waals surface area (Å²) in [5.41, 5.74) is 1.10. The molecule has 0 N–H and O–H groups in total. The van der Waals surface area contributed by atoms with E-state index < -0.39 is 0 Å². The molecule has 0 aliphatic carbocycles. The van der Waals surface area contributed by atoms with Crippen LogP contribution in [0.25, 0.3) is 10.1 Å². The van der Waals surface area contributed by atoms with Gasteiger partial charge in [0.05, 0.1) is 0 Å². The Kier molecular flexibility index (Phi) is 3.18. The monoisotopic (exact) mass is 265 g/mol. The first kappa shape index (κ1) is 11.8. The summed E-state index contributed by atoms with van der Waals surface area (Å²) in [6.45, 7) is 0.482. The molecule has 92 valence electrons. The Morgan fingerprint density at radius 1 is 1.00 bits per heavy atom. The molecule has 0 atom stereocenters. The lowest BCUT2D eigenvalue weighted by Gasteiger charge is -2.05. The molecule has 0 saturated carbocycles. The molecule has 0 aliphatic heterocycles. The Labute approximate surface area is 115 Å². The molecule has 3 aromatic rings. The van der Waals surface area contributed by atoms with E-state index in [1.807, 2.05) is 54.6 Å². The Hall–Kier alpha value is -2.31. The van der Waals surface area contributed by atoms with Crippen molar-refractivity contribution in [1.29, 1.82) is 5.26 Å². The van der Waals surface area contributed by atoms with Crippen LogP contribution in [0.4, 0.5) is 0 Å². The highest BCUT2D eigenvalue weighted by molar-refractivity contribution is 7.20. The number of benzene rings is 2. The molecule has 1 heterocycles. The Balaban J connectivity index is 1.94. The van der Waals surface area contributed by atoms with Crippen LogP contribution in [0.5, 0.6) is 5.75 Å².